The Hall–Kier alpha value is -2.15. The summed E-state index contributed by atoms with van der Waals surface area (Å²) in [6, 6.07) is 4.64. The maximum atomic E-state index is 12.3. The van der Waals surface area contributed by atoms with Gasteiger partial charge in [-0.3, -0.25) is 14.9 Å². The normalized spacial score (nSPS) is 16.1. The van der Waals surface area contributed by atoms with E-state index in [2.05, 4.69) is 0 Å². The minimum absolute atomic E-state index is 0.0487. The third kappa shape index (κ3) is 5.17. The second kappa shape index (κ2) is 9.52. The second-order valence-corrected chi connectivity index (χ2v) is 6.80. The number of nitro groups is 1. The number of carbonyl (C=O) groups is 1. The second-order valence-electron chi connectivity index (χ2n) is 6.80. The molecule has 1 aliphatic carbocycles. The number of hydrogen-bond acceptors (Lipinski definition) is 5. The lowest BCUT2D eigenvalue weighted by Gasteiger charge is -2.31. The van der Waals surface area contributed by atoms with E-state index in [0.717, 1.165) is 12.8 Å². The number of aliphatic hydroxyl groups excluding tert-OH is 1. The van der Waals surface area contributed by atoms with Crippen LogP contribution in [0, 0.1) is 10.1 Å². The molecule has 0 saturated heterocycles. The maximum absolute atomic E-state index is 12.3. The average molecular weight is 364 g/mol. The van der Waals surface area contributed by atoms with Crippen molar-refractivity contribution in [2.45, 2.75) is 64.0 Å². The molecule has 7 nitrogen and oxygen atoms in total. The van der Waals surface area contributed by atoms with Crippen LogP contribution >= 0.6 is 0 Å². The van der Waals surface area contributed by atoms with Gasteiger partial charge in [0.2, 0.25) is 5.91 Å². The number of carbonyl (C=O) groups excluding carboxylic acids is 1. The molecule has 1 N–H and O–H groups in total. The first kappa shape index (κ1) is 20.2. The minimum atomic E-state index is -0.919. The number of aliphatic hydroxyl groups is 1. The van der Waals surface area contributed by atoms with E-state index >= 15 is 0 Å². The van der Waals surface area contributed by atoms with Gasteiger partial charge in [-0.1, -0.05) is 26.2 Å². The lowest BCUT2D eigenvalue weighted by atomic mass is 9.94. The van der Waals surface area contributed by atoms with Gasteiger partial charge in [0.05, 0.1) is 29.6 Å². The van der Waals surface area contributed by atoms with E-state index in [4.69, 9.17) is 4.74 Å². The first-order chi connectivity index (χ1) is 12.4. The van der Waals surface area contributed by atoms with Crippen molar-refractivity contribution >= 4 is 11.6 Å². The van der Waals surface area contributed by atoms with Crippen LogP contribution in [0.4, 0.5) is 5.69 Å². The summed E-state index contributed by atoms with van der Waals surface area (Å²) in [7, 11) is 1.85. The van der Waals surface area contributed by atoms with Crippen molar-refractivity contribution in [2.24, 2.45) is 0 Å². The van der Waals surface area contributed by atoms with E-state index in [-0.39, 0.29) is 30.2 Å². The Morgan fingerprint density at radius 3 is 2.69 bits per heavy atom. The van der Waals surface area contributed by atoms with Crippen molar-refractivity contribution in [3.05, 3.63) is 33.9 Å². The van der Waals surface area contributed by atoms with Crippen LogP contribution in [0.2, 0.25) is 0 Å². The maximum Gasteiger partial charge on any atom is 0.275 e. The lowest BCUT2D eigenvalue weighted by molar-refractivity contribution is -0.386. The Kier molecular flexibility index (Phi) is 7.38. The Balaban J connectivity index is 1.92. The quantitative estimate of drug-likeness (QED) is 0.562. The molecule has 1 fully saturated rings. The highest BCUT2D eigenvalue weighted by atomic mass is 16.6. The van der Waals surface area contributed by atoms with Crippen LogP contribution in [0.25, 0.3) is 0 Å². The number of rotatable bonds is 8. The molecule has 2 rings (SSSR count). The summed E-state index contributed by atoms with van der Waals surface area (Å²) in [5, 5.41) is 21.1. The zero-order valence-electron chi connectivity index (χ0n) is 15.5. The molecule has 0 heterocycles. The largest absolute Gasteiger partial charge is 0.493 e. The first-order valence-electron chi connectivity index (χ1n) is 9.29. The zero-order valence-corrected chi connectivity index (χ0v) is 15.5. The molecule has 1 aromatic carbocycles. The monoisotopic (exact) mass is 364 g/mol. The van der Waals surface area contributed by atoms with E-state index in [9.17, 15) is 20.0 Å². The van der Waals surface area contributed by atoms with Gasteiger partial charge in [-0.05, 0) is 31.4 Å². The molecular weight excluding hydrogens is 336 g/mol. The van der Waals surface area contributed by atoms with Crippen LogP contribution in [0.5, 0.6) is 5.75 Å². The van der Waals surface area contributed by atoms with Gasteiger partial charge in [0.15, 0.2) is 0 Å². The summed E-state index contributed by atoms with van der Waals surface area (Å²) >= 11 is 0. The van der Waals surface area contributed by atoms with Gasteiger partial charge in [0.25, 0.3) is 5.69 Å². The average Bonchev–Trinajstić information content (AvgIpc) is 2.67. The summed E-state index contributed by atoms with van der Waals surface area (Å²) in [4.78, 5) is 24.7. The molecule has 0 radical (unpaired) electrons. The van der Waals surface area contributed by atoms with Crippen molar-refractivity contribution in [1.82, 2.24) is 4.90 Å². The number of nitrogens with zero attached hydrogens (tertiary/aromatic N) is 2. The van der Waals surface area contributed by atoms with Crippen LogP contribution in [0.1, 0.15) is 63.5 Å². The fourth-order valence-corrected chi connectivity index (χ4v) is 3.38. The van der Waals surface area contributed by atoms with Gasteiger partial charge in [0.1, 0.15) is 5.75 Å². The molecule has 1 aromatic rings. The molecule has 7 heteroatoms. The molecule has 0 aromatic heterocycles. The van der Waals surface area contributed by atoms with Crippen LogP contribution in [0.3, 0.4) is 0 Å². The molecule has 0 spiro atoms. The van der Waals surface area contributed by atoms with Crippen LogP contribution < -0.4 is 4.74 Å². The number of hydrogen-bond donors (Lipinski definition) is 1. The van der Waals surface area contributed by atoms with Crippen LogP contribution in [-0.2, 0) is 4.79 Å². The zero-order chi connectivity index (χ0) is 19.1. The van der Waals surface area contributed by atoms with Gasteiger partial charge in [-0.2, -0.15) is 0 Å². The van der Waals surface area contributed by atoms with Crippen molar-refractivity contribution in [3.63, 3.8) is 0 Å². The highest BCUT2D eigenvalue weighted by Crippen LogP contribution is 2.31. The molecule has 0 aliphatic heterocycles. The van der Waals surface area contributed by atoms with E-state index in [1.54, 1.807) is 6.92 Å². The first-order valence-corrected chi connectivity index (χ1v) is 9.29. The fraction of sp³-hybridized carbons (Fsp3) is 0.632. The van der Waals surface area contributed by atoms with Gasteiger partial charge in [-0.15, -0.1) is 0 Å². The molecule has 1 atom stereocenters. The number of amides is 1. The molecule has 1 unspecified atom stereocenters. The third-order valence-corrected chi connectivity index (χ3v) is 5.04. The third-order valence-electron chi connectivity index (χ3n) is 5.04. The molecule has 0 bridgehead atoms. The highest BCUT2D eigenvalue weighted by molar-refractivity contribution is 5.76. The Morgan fingerprint density at radius 2 is 2.08 bits per heavy atom. The van der Waals surface area contributed by atoms with E-state index in [1.807, 2.05) is 11.9 Å². The molecule has 1 aliphatic rings. The van der Waals surface area contributed by atoms with E-state index in [0.29, 0.717) is 18.2 Å². The summed E-state index contributed by atoms with van der Waals surface area (Å²) in [5.74, 6) is 0.471. The van der Waals surface area contributed by atoms with Crippen molar-refractivity contribution in [2.75, 3.05) is 13.7 Å². The predicted molar refractivity (Wildman–Crippen MR) is 98.1 cm³/mol. The number of ether oxygens (including phenoxy) is 1. The lowest BCUT2D eigenvalue weighted by Crippen LogP contribution is -2.38. The molecule has 26 heavy (non-hydrogen) atoms. The van der Waals surface area contributed by atoms with Crippen molar-refractivity contribution in [3.8, 4) is 5.75 Å². The Labute approximate surface area is 154 Å². The minimum Gasteiger partial charge on any atom is -0.493 e. The SMILES string of the molecule is CCC(O)c1cc(OCCC(=O)N(C)C2CCCCC2)ccc1[N+](=O)[O-]. The van der Waals surface area contributed by atoms with E-state index < -0.39 is 11.0 Å². The summed E-state index contributed by atoms with van der Waals surface area (Å²) < 4.78 is 5.60. The summed E-state index contributed by atoms with van der Waals surface area (Å²) in [5.41, 5.74) is 0.112. The van der Waals surface area contributed by atoms with E-state index in [1.165, 1.54) is 37.5 Å². The van der Waals surface area contributed by atoms with Crippen LogP contribution in [0.15, 0.2) is 18.2 Å². The molecule has 144 valence electrons. The smallest absolute Gasteiger partial charge is 0.275 e. The van der Waals surface area contributed by atoms with Gasteiger partial charge in [-0.25, -0.2) is 0 Å². The number of nitro benzene ring substituents is 1. The highest BCUT2D eigenvalue weighted by Gasteiger charge is 2.22. The van der Waals surface area contributed by atoms with Gasteiger partial charge >= 0.3 is 0 Å². The van der Waals surface area contributed by atoms with Gasteiger partial charge < -0.3 is 14.7 Å². The molecular formula is C19H28N2O5. The summed E-state index contributed by atoms with van der Waals surface area (Å²) in [6.07, 6.45) is 5.41. The van der Waals surface area contributed by atoms with Crippen LogP contribution in [-0.4, -0.2) is 40.5 Å². The number of benzene rings is 1. The Bertz CT molecular complexity index is 628. The predicted octanol–water partition coefficient (Wildman–Crippen LogP) is 3.60. The van der Waals surface area contributed by atoms with Crippen molar-refractivity contribution < 1.29 is 19.6 Å². The standard InChI is InChI=1S/C19H28N2O5/c1-3-18(22)16-13-15(9-10-17(16)21(24)25)26-12-11-19(23)20(2)14-7-5-4-6-8-14/h9-10,13-14,18,22H,3-8,11-12H2,1-2H3. The Morgan fingerprint density at radius 1 is 1.38 bits per heavy atom. The van der Waals surface area contributed by atoms with Crippen molar-refractivity contribution in [1.29, 1.82) is 0 Å². The molecule has 1 amide bonds. The van der Waals surface area contributed by atoms with Gasteiger partial charge in [0, 0.05) is 19.2 Å². The summed E-state index contributed by atoms with van der Waals surface area (Å²) in [6.45, 7) is 1.96. The fourth-order valence-electron chi connectivity index (χ4n) is 3.38. The topological polar surface area (TPSA) is 92.9 Å². The molecule has 1 saturated carbocycles.